The van der Waals surface area contributed by atoms with Crippen molar-refractivity contribution in [2.24, 2.45) is 5.92 Å². The molecular weight excluding hydrogens is 304 g/mol. The van der Waals surface area contributed by atoms with Crippen LogP contribution in [0.2, 0.25) is 5.02 Å². The van der Waals surface area contributed by atoms with Crippen molar-refractivity contribution in [3.63, 3.8) is 0 Å². The Labute approximate surface area is 137 Å². The Kier molecular flexibility index (Phi) is 7.48. The number of anilines is 1. The van der Waals surface area contributed by atoms with Crippen molar-refractivity contribution < 1.29 is 14.3 Å². The van der Waals surface area contributed by atoms with Gasteiger partial charge in [0.25, 0.3) is 5.91 Å². The fourth-order valence-electron chi connectivity index (χ4n) is 2.16. The summed E-state index contributed by atoms with van der Waals surface area (Å²) < 4.78 is 10.8. The molecular formula is C16H25ClN2O3. The molecule has 1 atom stereocenters. The number of amides is 1. The van der Waals surface area contributed by atoms with Crippen LogP contribution in [0.4, 0.5) is 5.69 Å². The van der Waals surface area contributed by atoms with Crippen LogP contribution in [0.3, 0.4) is 0 Å². The molecule has 22 heavy (non-hydrogen) atoms. The number of hydrogen-bond acceptors (Lipinski definition) is 4. The summed E-state index contributed by atoms with van der Waals surface area (Å²) in [6, 6.07) is 3.07. The van der Waals surface area contributed by atoms with Crippen molar-refractivity contribution in [2.45, 2.75) is 33.3 Å². The Morgan fingerprint density at radius 2 is 2.09 bits per heavy atom. The van der Waals surface area contributed by atoms with Gasteiger partial charge in [-0.3, -0.25) is 4.79 Å². The zero-order valence-electron chi connectivity index (χ0n) is 13.6. The van der Waals surface area contributed by atoms with E-state index in [4.69, 9.17) is 26.8 Å². The van der Waals surface area contributed by atoms with Gasteiger partial charge in [0.05, 0.1) is 29.5 Å². The summed E-state index contributed by atoms with van der Waals surface area (Å²) in [4.78, 5) is 12.3. The molecule has 5 nitrogen and oxygen atoms in total. The van der Waals surface area contributed by atoms with Gasteiger partial charge in [-0.05, 0) is 25.3 Å². The second-order valence-corrected chi connectivity index (χ2v) is 5.76. The van der Waals surface area contributed by atoms with Gasteiger partial charge in [-0.15, -0.1) is 0 Å². The molecule has 1 aromatic carbocycles. The normalized spacial score (nSPS) is 12.3. The summed E-state index contributed by atoms with van der Waals surface area (Å²) >= 11 is 5.97. The average molecular weight is 329 g/mol. The molecule has 0 spiro atoms. The molecule has 0 heterocycles. The second-order valence-electron chi connectivity index (χ2n) is 5.36. The first kappa shape index (κ1) is 18.6. The summed E-state index contributed by atoms with van der Waals surface area (Å²) in [7, 11) is 1.49. The number of hydrogen-bond donors (Lipinski definition) is 2. The zero-order chi connectivity index (χ0) is 16.7. The van der Waals surface area contributed by atoms with Crippen molar-refractivity contribution in [3.8, 4) is 5.75 Å². The summed E-state index contributed by atoms with van der Waals surface area (Å²) in [6.45, 7) is 7.36. The molecule has 124 valence electrons. The van der Waals surface area contributed by atoms with Crippen LogP contribution >= 0.6 is 11.6 Å². The van der Waals surface area contributed by atoms with Gasteiger partial charge in [-0.25, -0.2) is 0 Å². The number of carbonyl (C=O) groups excluding carboxylic acids is 1. The van der Waals surface area contributed by atoms with Gasteiger partial charge < -0.3 is 20.5 Å². The highest BCUT2D eigenvalue weighted by atomic mass is 35.5. The molecule has 0 aliphatic rings. The summed E-state index contributed by atoms with van der Waals surface area (Å²) in [5, 5.41) is 3.20. The smallest absolute Gasteiger partial charge is 0.255 e. The monoisotopic (exact) mass is 328 g/mol. The lowest BCUT2D eigenvalue weighted by molar-refractivity contribution is 0.0251. The van der Waals surface area contributed by atoms with E-state index in [-0.39, 0.29) is 12.0 Å². The SMILES string of the molecule is CCOC(CCNC(=O)c1cc(Cl)c(N)cc1OC)C(C)C. The topological polar surface area (TPSA) is 73.6 Å². The van der Waals surface area contributed by atoms with Crippen LogP contribution in [-0.4, -0.2) is 32.3 Å². The van der Waals surface area contributed by atoms with Crippen LogP contribution in [0.5, 0.6) is 5.75 Å². The third kappa shape index (κ3) is 5.07. The number of ether oxygens (including phenoxy) is 2. The first-order valence-electron chi connectivity index (χ1n) is 7.43. The Bertz CT molecular complexity index is 506. The largest absolute Gasteiger partial charge is 0.496 e. The number of methoxy groups -OCH3 is 1. The Hall–Kier alpha value is -1.46. The quantitative estimate of drug-likeness (QED) is 0.719. The molecule has 0 fully saturated rings. The third-order valence-electron chi connectivity index (χ3n) is 3.40. The van der Waals surface area contributed by atoms with E-state index in [1.807, 2.05) is 6.92 Å². The fraction of sp³-hybridized carbons (Fsp3) is 0.562. The molecule has 1 rings (SSSR count). The van der Waals surface area contributed by atoms with E-state index in [0.717, 1.165) is 6.42 Å². The highest BCUT2D eigenvalue weighted by Gasteiger charge is 2.17. The Balaban J connectivity index is 2.68. The minimum Gasteiger partial charge on any atom is -0.496 e. The predicted molar refractivity (Wildman–Crippen MR) is 89.6 cm³/mol. The van der Waals surface area contributed by atoms with Gasteiger partial charge in [0.1, 0.15) is 5.75 Å². The maximum absolute atomic E-state index is 12.3. The molecule has 0 aliphatic carbocycles. The standard InChI is InChI=1S/C16H25ClN2O3/c1-5-22-14(10(2)3)6-7-19-16(20)11-8-12(17)13(18)9-15(11)21-4/h8-10,14H,5-7,18H2,1-4H3,(H,19,20). The van der Waals surface area contributed by atoms with Gasteiger partial charge in [-0.1, -0.05) is 25.4 Å². The number of benzene rings is 1. The number of nitrogens with one attached hydrogen (secondary N) is 1. The van der Waals surface area contributed by atoms with Crippen LogP contribution < -0.4 is 15.8 Å². The van der Waals surface area contributed by atoms with E-state index >= 15 is 0 Å². The van der Waals surface area contributed by atoms with E-state index in [9.17, 15) is 4.79 Å². The highest BCUT2D eigenvalue weighted by molar-refractivity contribution is 6.33. The van der Waals surface area contributed by atoms with E-state index < -0.39 is 0 Å². The Morgan fingerprint density at radius 1 is 1.41 bits per heavy atom. The molecule has 0 saturated carbocycles. The van der Waals surface area contributed by atoms with Crippen molar-refractivity contribution in [2.75, 3.05) is 26.0 Å². The summed E-state index contributed by atoms with van der Waals surface area (Å²) in [6.07, 6.45) is 0.879. The first-order chi connectivity index (χ1) is 10.4. The van der Waals surface area contributed by atoms with Gasteiger partial charge in [0.15, 0.2) is 0 Å². The van der Waals surface area contributed by atoms with Crippen LogP contribution in [0.25, 0.3) is 0 Å². The number of carbonyl (C=O) groups is 1. The molecule has 1 amide bonds. The molecule has 0 saturated heterocycles. The lowest BCUT2D eigenvalue weighted by Gasteiger charge is -2.21. The minimum absolute atomic E-state index is 0.127. The van der Waals surface area contributed by atoms with Gasteiger partial charge in [0.2, 0.25) is 0 Å². The van der Waals surface area contributed by atoms with Gasteiger partial charge in [0, 0.05) is 19.2 Å². The number of rotatable bonds is 8. The van der Waals surface area contributed by atoms with E-state index in [1.54, 1.807) is 6.07 Å². The molecule has 0 bridgehead atoms. The van der Waals surface area contributed by atoms with Crippen molar-refractivity contribution in [1.29, 1.82) is 0 Å². The second kappa shape index (κ2) is 8.86. The van der Waals surface area contributed by atoms with Crippen molar-refractivity contribution >= 4 is 23.2 Å². The summed E-state index contributed by atoms with van der Waals surface area (Å²) in [5.41, 5.74) is 6.47. The molecule has 1 unspecified atom stereocenters. The zero-order valence-corrected chi connectivity index (χ0v) is 14.4. The van der Waals surface area contributed by atoms with Crippen LogP contribution in [0.15, 0.2) is 12.1 Å². The molecule has 3 N–H and O–H groups in total. The number of nitrogen functional groups attached to an aromatic ring is 1. The van der Waals surface area contributed by atoms with Crippen LogP contribution in [0, 0.1) is 5.92 Å². The number of nitrogens with two attached hydrogens (primary N) is 1. The van der Waals surface area contributed by atoms with Crippen LogP contribution in [0.1, 0.15) is 37.6 Å². The Morgan fingerprint density at radius 3 is 2.64 bits per heavy atom. The lowest BCUT2D eigenvalue weighted by Crippen LogP contribution is -2.30. The first-order valence-corrected chi connectivity index (χ1v) is 7.81. The maximum Gasteiger partial charge on any atom is 0.255 e. The highest BCUT2D eigenvalue weighted by Crippen LogP contribution is 2.28. The molecule has 6 heteroatoms. The number of halogens is 1. The molecule has 0 aliphatic heterocycles. The molecule has 0 aromatic heterocycles. The minimum atomic E-state index is -0.238. The van der Waals surface area contributed by atoms with Gasteiger partial charge >= 0.3 is 0 Å². The lowest BCUT2D eigenvalue weighted by atomic mass is 10.0. The van der Waals surface area contributed by atoms with E-state index in [2.05, 4.69) is 19.2 Å². The van der Waals surface area contributed by atoms with E-state index in [1.165, 1.54) is 13.2 Å². The van der Waals surface area contributed by atoms with Crippen molar-refractivity contribution in [3.05, 3.63) is 22.7 Å². The van der Waals surface area contributed by atoms with E-state index in [0.29, 0.717) is 41.1 Å². The maximum atomic E-state index is 12.3. The molecule has 0 radical (unpaired) electrons. The fourth-order valence-corrected chi connectivity index (χ4v) is 2.33. The summed E-state index contributed by atoms with van der Waals surface area (Å²) in [5.74, 6) is 0.569. The van der Waals surface area contributed by atoms with Gasteiger partial charge in [-0.2, -0.15) is 0 Å². The molecule has 1 aromatic rings. The third-order valence-corrected chi connectivity index (χ3v) is 3.73. The van der Waals surface area contributed by atoms with Crippen LogP contribution in [-0.2, 0) is 4.74 Å². The van der Waals surface area contributed by atoms with Crippen molar-refractivity contribution in [1.82, 2.24) is 5.32 Å². The average Bonchev–Trinajstić information content (AvgIpc) is 2.48. The predicted octanol–water partition coefficient (Wildman–Crippen LogP) is 3.11.